The minimum absolute atomic E-state index is 0.117. The Morgan fingerprint density at radius 1 is 0.808 bits per heavy atom. The second kappa shape index (κ2) is 7.25. The average Bonchev–Trinajstić information content (AvgIpc) is 3.00. The summed E-state index contributed by atoms with van der Waals surface area (Å²) in [7, 11) is 0. The van der Waals surface area contributed by atoms with Gasteiger partial charge in [0.25, 0.3) is 5.91 Å². The molecule has 1 aliphatic rings. The van der Waals surface area contributed by atoms with E-state index in [-0.39, 0.29) is 5.91 Å². The first-order valence-electron chi connectivity index (χ1n) is 8.23. The van der Waals surface area contributed by atoms with Gasteiger partial charge in [-0.3, -0.25) is 9.69 Å². The van der Waals surface area contributed by atoms with Crippen LogP contribution >= 0.6 is 22.6 Å². The molecule has 3 aromatic rings. The van der Waals surface area contributed by atoms with Crippen molar-refractivity contribution < 1.29 is 4.79 Å². The van der Waals surface area contributed by atoms with E-state index in [0.29, 0.717) is 11.5 Å². The maximum Gasteiger partial charge on any atom is 0.282 e. The van der Waals surface area contributed by atoms with Gasteiger partial charge in [-0.25, -0.2) is 4.99 Å². The van der Waals surface area contributed by atoms with Gasteiger partial charge < -0.3 is 0 Å². The largest absolute Gasteiger partial charge is 0.282 e. The normalized spacial score (nSPS) is 15.4. The highest BCUT2D eigenvalue weighted by molar-refractivity contribution is 14.1. The van der Waals surface area contributed by atoms with Crippen molar-refractivity contribution >= 4 is 46.1 Å². The van der Waals surface area contributed by atoms with E-state index < -0.39 is 0 Å². The van der Waals surface area contributed by atoms with Gasteiger partial charge in [0.15, 0.2) is 0 Å². The molecule has 0 spiro atoms. The predicted molar refractivity (Wildman–Crippen MR) is 114 cm³/mol. The van der Waals surface area contributed by atoms with E-state index in [9.17, 15) is 4.79 Å². The number of amides is 1. The van der Waals surface area contributed by atoms with Crippen LogP contribution in [0, 0.1) is 3.57 Å². The van der Waals surface area contributed by atoms with Crippen molar-refractivity contribution in [1.82, 2.24) is 0 Å². The molecule has 3 nitrogen and oxygen atoms in total. The van der Waals surface area contributed by atoms with Crippen LogP contribution in [0.2, 0.25) is 0 Å². The lowest BCUT2D eigenvalue weighted by molar-refractivity contribution is -0.113. The molecule has 0 aromatic heterocycles. The zero-order chi connectivity index (χ0) is 17.9. The van der Waals surface area contributed by atoms with Gasteiger partial charge in [0.1, 0.15) is 11.5 Å². The first-order valence-corrected chi connectivity index (χ1v) is 9.31. The highest BCUT2D eigenvalue weighted by Gasteiger charge is 2.32. The van der Waals surface area contributed by atoms with Crippen LogP contribution in [0.5, 0.6) is 0 Å². The topological polar surface area (TPSA) is 32.7 Å². The van der Waals surface area contributed by atoms with E-state index in [1.165, 1.54) is 0 Å². The highest BCUT2D eigenvalue weighted by atomic mass is 127. The summed E-state index contributed by atoms with van der Waals surface area (Å²) < 4.78 is 1.12. The Bertz CT molecular complexity index is 993. The molecule has 0 N–H and O–H groups in total. The number of benzene rings is 3. The molecule has 0 bridgehead atoms. The van der Waals surface area contributed by atoms with Gasteiger partial charge in [0, 0.05) is 9.13 Å². The first kappa shape index (κ1) is 16.7. The molecule has 126 valence electrons. The molecule has 0 saturated heterocycles. The van der Waals surface area contributed by atoms with Crippen LogP contribution in [0.25, 0.3) is 6.08 Å². The highest BCUT2D eigenvalue weighted by Crippen LogP contribution is 2.28. The van der Waals surface area contributed by atoms with Crippen molar-refractivity contribution in [3.8, 4) is 0 Å². The molecule has 3 aromatic carbocycles. The summed E-state index contributed by atoms with van der Waals surface area (Å²) in [6.45, 7) is 0. The lowest BCUT2D eigenvalue weighted by Gasteiger charge is -2.18. The molecule has 0 fully saturated rings. The van der Waals surface area contributed by atoms with E-state index in [1.807, 2.05) is 91.0 Å². The maximum absolute atomic E-state index is 13.1. The Kier molecular flexibility index (Phi) is 4.67. The minimum Gasteiger partial charge on any atom is -0.266 e. The number of carbonyl (C=O) groups excluding carboxylic acids is 1. The van der Waals surface area contributed by atoms with Crippen LogP contribution < -0.4 is 4.90 Å². The van der Waals surface area contributed by atoms with Crippen molar-refractivity contribution in [3.05, 3.63) is 105 Å². The molecule has 0 atom stereocenters. The second-order valence-electron chi connectivity index (χ2n) is 5.86. The van der Waals surface area contributed by atoms with Gasteiger partial charge in [-0.1, -0.05) is 60.7 Å². The fourth-order valence-corrected chi connectivity index (χ4v) is 3.19. The smallest absolute Gasteiger partial charge is 0.266 e. The molecule has 4 rings (SSSR count). The quantitative estimate of drug-likeness (QED) is 0.403. The number of halogens is 1. The Morgan fingerprint density at radius 3 is 2.08 bits per heavy atom. The number of amidine groups is 1. The molecule has 1 aliphatic heterocycles. The summed E-state index contributed by atoms with van der Waals surface area (Å²) in [5, 5.41) is 0. The summed E-state index contributed by atoms with van der Waals surface area (Å²) in [4.78, 5) is 19.5. The van der Waals surface area contributed by atoms with E-state index in [1.54, 1.807) is 4.90 Å². The Balaban J connectivity index is 1.82. The van der Waals surface area contributed by atoms with Crippen molar-refractivity contribution in [1.29, 1.82) is 0 Å². The number of carbonyl (C=O) groups is 1. The van der Waals surface area contributed by atoms with Crippen LogP contribution in [-0.2, 0) is 4.79 Å². The monoisotopic (exact) mass is 450 g/mol. The number of rotatable bonds is 3. The molecular formula is C22H15IN2O. The van der Waals surface area contributed by atoms with Gasteiger partial charge in [0.05, 0.1) is 5.69 Å². The minimum atomic E-state index is -0.117. The third-order valence-electron chi connectivity index (χ3n) is 4.08. The first-order chi connectivity index (χ1) is 12.7. The van der Waals surface area contributed by atoms with Crippen LogP contribution in [0.15, 0.2) is 95.6 Å². The summed E-state index contributed by atoms with van der Waals surface area (Å²) in [5.41, 5.74) is 3.12. The summed E-state index contributed by atoms with van der Waals surface area (Å²) in [5.74, 6) is 0.535. The van der Waals surface area contributed by atoms with Crippen molar-refractivity contribution in [2.45, 2.75) is 0 Å². The molecule has 1 heterocycles. The van der Waals surface area contributed by atoms with Crippen LogP contribution in [-0.4, -0.2) is 11.7 Å². The molecule has 0 unspecified atom stereocenters. The molecule has 0 radical (unpaired) electrons. The standard InChI is InChI=1S/C22H15IN2O/c23-18-11-13-19(14-12-18)25-21(17-9-5-2-6-10-17)24-20(22(25)26)15-16-7-3-1-4-8-16/h1-15H/b20-15+. The number of hydrogen-bond acceptors (Lipinski definition) is 2. The third-order valence-corrected chi connectivity index (χ3v) is 4.80. The third kappa shape index (κ3) is 3.32. The Morgan fingerprint density at radius 2 is 1.42 bits per heavy atom. The van der Waals surface area contributed by atoms with Crippen molar-refractivity contribution in [2.75, 3.05) is 4.90 Å². The number of aliphatic imine (C=N–C) groups is 1. The Hall–Kier alpha value is -2.73. The van der Waals surface area contributed by atoms with E-state index in [2.05, 4.69) is 27.6 Å². The number of hydrogen-bond donors (Lipinski definition) is 0. The molecule has 0 saturated carbocycles. The fraction of sp³-hybridized carbons (Fsp3) is 0. The lowest BCUT2D eigenvalue weighted by Crippen LogP contribution is -2.32. The zero-order valence-corrected chi connectivity index (χ0v) is 16.0. The van der Waals surface area contributed by atoms with Gasteiger partial charge in [0.2, 0.25) is 0 Å². The molecule has 26 heavy (non-hydrogen) atoms. The average molecular weight is 450 g/mol. The molecule has 4 heteroatoms. The lowest BCUT2D eigenvalue weighted by atomic mass is 10.1. The number of anilines is 1. The van der Waals surface area contributed by atoms with Crippen molar-refractivity contribution in [3.63, 3.8) is 0 Å². The van der Waals surface area contributed by atoms with Gasteiger partial charge in [-0.15, -0.1) is 0 Å². The zero-order valence-electron chi connectivity index (χ0n) is 13.8. The van der Waals surface area contributed by atoms with Gasteiger partial charge in [-0.05, 0) is 58.5 Å². The van der Waals surface area contributed by atoms with Crippen LogP contribution in [0.3, 0.4) is 0 Å². The fourth-order valence-electron chi connectivity index (χ4n) is 2.83. The second-order valence-corrected chi connectivity index (χ2v) is 7.10. The van der Waals surface area contributed by atoms with Crippen LogP contribution in [0.1, 0.15) is 11.1 Å². The number of nitrogens with zero attached hydrogens (tertiary/aromatic N) is 2. The molecule has 1 amide bonds. The Labute approximate surface area is 165 Å². The van der Waals surface area contributed by atoms with Crippen molar-refractivity contribution in [2.24, 2.45) is 4.99 Å². The summed E-state index contributed by atoms with van der Waals surface area (Å²) >= 11 is 2.26. The van der Waals surface area contributed by atoms with E-state index >= 15 is 0 Å². The van der Waals surface area contributed by atoms with Gasteiger partial charge >= 0.3 is 0 Å². The molecular weight excluding hydrogens is 435 g/mol. The SMILES string of the molecule is O=C1/C(=C\c2ccccc2)N=C(c2ccccc2)N1c1ccc(I)cc1. The summed E-state index contributed by atoms with van der Waals surface area (Å²) in [6.07, 6.45) is 1.83. The van der Waals surface area contributed by atoms with E-state index in [0.717, 1.165) is 20.4 Å². The maximum atomic E-state index is 13.1. The van der Waals surface area contributed by atoms with Crippen LogP contribution in [0.4, 0.5) is 5.69 Å². The van der Waals surface area contributed by atoms with Gasteiger partial charge in [-0.2, -0.15) is 0 Å². The summed E-state index contributed by atoms with van der Waals surface area (Å²) in [6, 6.07) is 27.5. The molecule has 0 aliphatic carbocycles. The van der Waals surface area contributed by atoms with E-state index in [4.69, 9.17) is 0 Å². The predicted octanol–water partition coefficient (Wildman–Crippen LogP) is 5.13.